The summed E-state index contributed by atoms with van der Waals surface area (Å²) in [4.78, 5) is 28.4. The molecule has 0 radical (unpaired) electrons. The summed E-state index contributed by atoms with van der Waals surface area (Å²) in [5.74, 6) is 0.0467. The van der Waals surface area contributed by atoms with E-state index in [1.165, 1.54) is 19.2 Å². The summed E-state index contributed by atoms with van der Waals surface area (Å²) in [6, 6.07) is 2.97. The summed E-state index contributed by atoms with van der Waals surface area (Å²) in [5, 5.41) is 3.01. The lowest BCUT2D eigenvalue weighted by atomic mass is 10.1. The Kier molecular flexibility index (Phi) is 6.28. The zero-order valence-electron chi connectivity index (χ0n) is 14.0. The second kappa shape index (κ2) is 8.21. The molecule has 1 aromatic carbocycles. The lowest BCUT2D eigenvalue weighted by Crippen LogP contribution is -2.47. The normalized spacial score (nSPS) is 15.2. The first-order valence-electron chi connectivity index (χ1n) is 7.80. The second-order valence-corrected chi connectivity index (χ2v) is 6.17. The van der Waals surface area contributed by atoms with Crippen LogP contribution in [0.2, 0.25) is 5.02 Å². The maximum atomic E-state index is 12.3. The van der Waals surface area contributed by atoms with Crippen molar-refractivity contribution in [1.82, 2.24) is 15.1 Å². The third-order valence-electron chi connectivity index (χ3n) is 4.04. The Morgan fingerprint density at radius 3 is 2.58 bits per heavy atom. The average Bonchev–Trinajstić information content (AvgIpc) is 2.57. The molecule has 1 aromatic rings. The van der Waals surface area contributed by atoms with Crippen LogP contribution in [0.1, 0.15) is 16.8 Å². The molecule has 7 nitrogen and oxygen atoms in total. The summed E-state index contributed by atoms with van der Waals surface area (Å²) in [6.07, 6.45) is 0.264. The van der Waals surface area contributed by atoms with E-state index in [0.29, 0.717) is 17.0 Å². The van der Waals surface area contributed by atoms with Crippen molar-refractivity contribution in [2.24, 2.45) is 0 Å². The number of carbonyl (C=O) groups is 2. The highest BCUT2D eigenvalue weighted by atomic mass is 35.5. The molecule has 0 saturated carbocycles. The van der Waals surface area contributed by atoms with Gasteiger partial charge in [-0.1, -0.05) is 11.6 Å². The number of hydrogen-bond donors (Lipinski definition) is 2. The van der Waals surface area contributed by atoms with Gasteiger partial charge in [-0.05, 0) is 13.1 Å². The molecule has 0 atom stereocenters. The number of rotatable bonds is 5. The summed E-state index contributed by atoms with van der Waals surface area (Å²) in [5.41, 5.74) is 6.34. The van der Waals surface area contributed by atoms with Crippen LogP contribution in [0, 0.1) is 0 Å². The molecule has 2 amide bonds. The van der Waals surface area contributed by atoms with Crippen LogP contribution in [0.5, 0.6) is 5.75 Å². The summed E-state index contributed by atoms with van der Waals surface area (Å²) >= 11 is 5.96. The van der Waals surface area contributed by atoms with E-state index < -0.39 is 0 Å². The fourth-order valence-electron chi connectivity index (χ4n) is 2.51. The first kappa shape index (κ1) is 18.4. The molecule has 0 spiro atoms. The zero-order valence-corrected chi connectivity index (χ0v) is 14.7. The van der Waals surface area contributed by atoms with Crippen molar-refractivity contribution in [3.8, 4) is 5.75 Å². The Labute approximate surface area is 146 Å². The molecule has 1 aliphatic rings. The highest BCUT2D eigenvalue weighted by molar-refractivity contribution is 6.33. The predicted octanol–water partition coefficient (Wildman–Crippen LogP) is 0.825. The lowest BCUT2D eigenvalue weighted by Gasteiger charge is -2.32. The fourth-order valence-corrected chi connectivity index (χ4v) is 2.67. The van der Waals surface area contributed by atoms with Crippen molar-refractivity contribution >= 4 is 29.1 Å². The van der Waals surface area contributed by atoms with Gasteiger partial charge in [0.2, 0.25) is 5.91 Å². The predicted molar refractivity (Wildman–Crippen MR) is 93.4 cm³/mol. The van der Waals surface area contributed by atoms with Crippen molar-refractivity contribution in [2.75, 3.05) is 52.6 Å². The van der Waals surface area contributed by atoms with E-state index in [1.807, 2.05) is 11.9 Å². The van der Waals surface area contributed by atoms with Gasteiger partial charge >= 0.3 is 0 Å². The number of nitrogens with one attached hydrogen (secondary N) is 1. The molecule has 132 valence electrons. The molecular formula is C16H23ClN4O3. The third kappa shape index (κ3) is 4.52. The van der Waals surface area contributed by atoms with E-state index >= 15 is 0 Å². The number of amides is 2. The van der Waals surface area contributed by atoms with Gasteiger partial charge in [0.25, 0.3) is 5.91 Å². The Bertz CT molecular complexity index is 616. The number of piperazine rings is 1. The molecule has 1 fully saturated rings. The maximum Gasteiger partial charge on any atom is 0.255 e. The first-order chi connectivity index (χ1) is 11.4. The second-order valence-electron chi connectivity index (χ2n) is 5.76. The molecule has 0 bridgehead atoms. The largest absolute Gasteiger partial charge is 0.496 e. The number of anilines is 1. The van der Waals surface area contributed by atoms with Gasteiger partial charge in [0.15, 0.2) is 0 Å². The number of ether oxygens (including phenoxy) is 1. The number of nitrogens with two attached hydrogens (primary N) is 1. The highest BCUT2D eigenvalue weighted by Gasteiger charge is 2.19. The van der Waals surface area contributed by atoms with Crippen LogP contribution in [-0.4, -0.2) is 68.5 Å². The zero-order chi connectivity index (χ0) is 17.7. The number of methoxy groups -OCH3 is 1. The minimum Gasteiger partial charge on any atom is -0.496 e. The van der Waals surface area contributed by atoms with Crippen LogP contribution in [0.3, 0.4) is 0 Å². The number of benzene rings is 1. The molecular weight excluding hydrogens is 332 g/mol. The summed E-state index contributed by atoms with van der Waals surface area (Å²) in [6.45, 7) is 3.46. The van der Waals surface area contributed by atoms with Crippen LogP contribution in [0.25, 0.3) is 0 Å². The SMILES string of the molecule is COc1cc(N)c(Cl)cc1C(=O)NCCC(=O)N1CCN(C)CC1. The van der Waals surface area contributed by atoms with E-state index in [0.717, 1.165) is 26.2 Å². The van der Waals surface area contributed by atoms with Gasteiger partial charge in [-0.3, -0.25) is 9.59 Å². The van der Waals surface area contributed by atoms with Crippen molar-refractivity contribution in [1.29, 1.82) is 0 Å². The number of likely N-dealkylation sites (N-methyl/N-ethyl adjacent to an activating group) is 1. The molecule has 0 aromatic heterocycles. The third-order valence-corrected chi connectivity index (χ3v) is 4.37. The number of nitrogens with zero attached hydrogens (tertiary/aromatic N) is 2. The molecule has 0 aliphatic carbocycles. The van der Waals surface area contributed by atoms with Gasteiger partial charge in [-0.2, -0.15) is 0 Å². The van der Waals surface area contributed by atoms with E-state index in [4.69, 9.17) is 22.1 Å². The first-order valence-corrected chi connectivity index (χ1v) is 8.17. The molecule has 2 rings (SSSR count). The van der Waals surface area contributed by atoms with Crippen molar-refractivity contribution in [3.05, 3.63) is 22.7 Å². The van der Waals surface area contributed by atoms with Crippen LogP contribution in [-0.2, 0) is 4.79 Å². The van der Waals surface area contributed by atoms with Gasteiger partial charge in [-0.25, -0.2) is 0 Å². The van der Waals surface area contributed by atoms with Gasteiger partial charge in [-0.15, -0.1) is 0 Å². The monoisotopic (exact) mass is 354 g/mol. The highest BCUT2D eigenvalue weighted by Crippen LogP contribution is 2.28. The molecule has 3 N–H and O–H groups in total. The molecule has 8 heteroatoms. The van der Waals surface area contributed by atoms with Crippen molar-refractivity contribution < 1.29 is 14.3 Å². The number of hydrogen-bond acceptors (Lipinski definition) is 5. The number of nitrogen functional groups attached to an aromatic ring is 1. The van der Waals surface area contributed by atoms with Gasteiger partial charge < -0.3 is 25.6 Å². The van der Waals surface area contributed by atoms with Gasteiger partial charge in [0.1, 0.15) is 5.75 Å². The van der Waals surface area contributed by atoms with E-state index in [2.05, 4.69) is 10.2 Å². The van der Waals surface area contributed by atoms with E-state index in [1.54, 1.807) is 0 Å². The Morgan fingerprint density at radius 2 is 1.96 bits per heavy atom. The molecule has 0 unspecified atom stereocenters. The summed E-state index contributed by atoms with van der Waals surface area (Å²) in [7, 11) is 3.49. The molecule has 24 heavy (non-hydrogen) atoms. The van der Waals surface area contributed by atoms with Crippen molar-refractivity contribution in [2.45, 2.75) is 6.42 Å². The standard InChI is InChI=1S/C16H23ClN4O3/c1-20-5-7-21(8-6-20)15(22)3-4-19-16(23)11-9-12(17)13(18)10-14(11)24-2/h9-10H,3-8,18H2,1-2H3,(H,19,23). The molecule has 1 saturated heterocycles. The van der Waals surface area contributed by atoms with Gasteiger partial charge in [0, 0.05) is 45.2 Å². The van der Waals surface area contributed by atoms with E-state index in [9.17, 15) is 9.59 Å². The van der Waals surface area contributed by atoms with Crippen molar-refractivity contribution in [3.63, 3.8) is 0 Å². The topological polar surface area (TPSA) is 87.9 Å². The fraction of sp³-hybridized carbons (Fsp3) is 0.500. The smallest absolute Gasteiger partial charge is 0.255 e. The van der Waals surface area contributed by atoms with Crippen LogP contribution < -0.4 is 15.8 Å². The Hall–Kier alpha value is -1.99. The van der Waals surface area contributed by atoms with E-state index in [-0.39, 0.29) is 29.8 Å². The van der Waals surface area contributed by atoms with Crippen LogP contribution in [0.4, 0.5) is 5.69 Å². The quantitative estimate of drug-likeness (QED) is 0.764. The number of halogens is 1. The van der Waals surface area contributed by atoms with Crippen LogP contribution >= 0.6 is 11.6 Å². The Balaban J connectivity index is 1.87. The molecule has 1 heterocycles. The minimum atomic E-state index is -0.347. The molecule has 1 aliphatic heterocycles. The van der Waals surface area contributed by atoms with Gasteiger partial charge in [0.05, 0.1) is 23.4 Å². The maximum absolute atomic E-state index is 12.3. The van der Waals surface area contributed by atoms with Crippen LogP contribution in [0.15, 0.2) is 12.1 Å². The minimum absolute atomic E-state index is 0.0469. The Morgan fingerprint density at radius 1 is 1.29 bits per heavy atom. The average molecular weight is 355 g/mol. The summed E-state index contributed by atoms with van der Waals surface area (Å²) < 4.78 is 5.16. The lowest BCUT2D eigenvalue weighted by molar-refractivity contribution is -0.132. The number of carbonyl (C=O) groups excluding carboxylic acids is 2.